The number of hydrogen-bond donors (Lipinski definition) is 7. The van der Waals surface area contributed by atoms with Gasteiger partial charge in [0.2, 0.25) is 5.91 Å². The molecule has 2 saturated carbocycles. The van der Waals surface area contributed by atoms with E-state index in [0.29, 0.717) is 35.9 Å². The highest BCUT2D eigenvalue weighted by atomic mass is 35.5. The van der Waals surface area contributed by atoms with Crippen molar-refractivity contribution in [1.29, 1.82) is 0 Å². The lowest BCUT2D eigenvalue weighted by atomic mass is 9.85. The number of unbranched alkanes of at least 4 members (excludes halogenated alkanes) is 1. The first-order chi connectivity index (χ1) is 26.1. The topological polar surface area (TPSA) is 193 Å². The Hall–Kier alpha value is -3.33. The summed E-state index contributed by atoms with van der Waals surface area (Å²) in [7, 11) is 0. The number of halogens is 2. The number of carbonyl (C=O) groups excluding carboxylic acids is 1. The molecular formula is C41H53Cl2N3O9. The smallest absolute Gasteiger partial charge is 0.303 e. The molecule has 1 aromatic heterocycles. The second-order valence-electron chi connectivity index (χ2n) is 15.7. The van der Waals surface area contributed by atoms with Crippen molar-refractivity contribution in [1.82, 2.24) is 15.2 Å². The van der Waals surface area contributed by atoms with E-state index >= 15 is 0 Å². The number of aliphatic hydroxyl groups is 5. The second kappa shape index (κ2) is 18.7. The molecule has 0 spiro atoms. The van der Waals surface area contributed by atoms with Crippen LogP contribution < -0.4 is 10.1 Å². The number of pyridine rings is 1. The van der Waals surface area contributed by atoms with Crippen molar-refractivity contribution in [3.8, 4) is 16.9 Å². The molecule has 3 aromatic rings. The lowest BCUT2D eigenvalue weighted by molar-refractivity contribution is -0.143. The first-order valence-electron chi connectivity index (χ1n) is 18.9. The summed E-state index contributed by atoms with van der Waals surface area (Å²) in [6, 6.07) is 13.9. The molecule has 1 amide bonds. The predicted molar refractivity (Wildman–Crippen MR) is 209 cm³/mol. The van der Waals surface area contributed by atoms with E-state index in [-0.39, 0.29) is 37.6 Å². The monoisotopic (exact) mass is 801 g/mol. The number of rotatable bonds is 22. The van der Waals surface area contributed by atoms with Crippen LogP contribution in [0.5, 0.6) is 5.75 Å². The SMILES string of the molecule is CC(C)(CC(=O)O)CC(=O)N(CCCCc1cc(Cl)c(CNC2(c3cnccc3-c3ccccc3OC3CC3)CC2)cc1Cl)C[C@H](O)[C@@H](O)[C@H](O)[C@H](O)CO. The number of aliphatic hydroxyl groups excluding tert-OH is 5. The number of carboxylic acid groups (broad SMARTS) is 1. The molecule has 300 valence electrons. The Morgan fingerprint density at radius 2 is 1.64 bits per heavy atom. The van der Waals surface area contributed by atoms with Gasteiger partial charge < -0.3 is 45.6 Å². The van der Waals surface area contributed by atoms with Gasteiger partial charge in [-0.15, -0.1) is 0 Å². The van der Waals surface area contributed by atoms with Gasteiger partial charge in [0.05, 0.1) is 19.1 Å². The molecular weight excluding hydrogens is 749 g/mol. The Morgan fingerprint density at radius 1 is 0.964 bits per heavy atom. The van der Waals surface area contributed by atoms with Crippen LogP contribution in [0.25, 0.3) is 11.1 Å². The molecule has 0 bridgehead atoms. The molecule has 2 aliphatic rings. The van der Waals surface area contributed by atoms with Crippen LogP contribution in [0.15, 0.2) is 54.9 Å². The Labute approximate surface area is 332 Å². The summed E-state index contributed by atoms with van der Waals surface area (Å²) in [5.41, 5.74) is 3.78. The lowest BCUT2D eigenvalue weighted by Gasteiger charge is -2.32. The average Bonchev–Trinajstić information content (AvgIpc) is 4.09. The normalized spacial score (nSPS) is 17.3. The van der Waals surface area contributed by atoms with Gasteiger partial charge in [0.1, 0.15) is 30.2 Å². The van der Waals surface area contributed by atoms with E-state index in [1.165, 1.54) is 4.90 Å². The highest BCUT2D eigenvalue weighted by molar-refractivity contribution is 6.34. The zero-order valence-electron chi connectivity index (χ0n) is 31.3. The summed E-state index contributed by atoms with van der Waals surface area (Å²) < 4.78 is 6.25. The molecule has 2 aliphatic carbocycles. The van der Waals surface area contributed by atoms with Crippen LogP contribution in [-0.4, -0.2) is 103 Å². The second-order valence-corrected chi connectivity index (χ2v) is 16.5. The number of benzene rings is 2. The van der Waals surface area contributed by atoms with Gasteiger partial charge in [-0.25, -0.2) is 0 Å². The fraction of sp³-hybridized carbons (Fsp3) is 0.537. The minimum atomic E-state index is -1.85. The zero-order chi connectivity index (χ0) is 39.9. The number of aliphatic carboxylic acids is 1. The van der Waals surface area contributed by atoms with Gasteiger partial charge in [-0.3, -0.25) is 14.6 Å². The van der Waals surface area contributed by atoms with Crippen LogP contribution in [0.4, 0.5) is 0 Å². The number of amides is 1. The molecule has 0 aliphatic heterocycles. The highest BCUT2D eigenvalue weighted by Crippen LogP contribution is 2.50. The molecule has 1 heterocycles. The summed E-state index contributed by atoms with van der Waals surface area (Å²) in [5.74, 6) is -0.608. The van der Waals surface area contributed by atoms with Gasteiger partial charge in [0, 0.05) is 59.6 Å². The average molecular weight is 803 g/mol. The van der Waals surface area contributed by atoms with Crippen molar-refractivity contribution in [3.63, 3.8) is 0 Å². The van der Waals surface area contributed by atoms with Crippen molar-refractivity contribution in [2.75, 3.05) is 19.7 Å². The number of para-hydroxylation sites is 1. The number of nitrogens with zero attached hydrogens (tertiary/aromatic N) is 2. The van der Waals surface area contributed by atoms with Crippen LogP contribution in [0.2, 0.25) is 10.0 Å². The van der Waals surface area contributed by atoms with E-state index in [1.807, 2.05) is 48.8 Å². The van der Waals surface area contributed by atoms with Gasteiger partial charge in [-0.05, 0) is 96.9 Å². The van der Waals surface area contributed by atoms with Crippen LogP contribution in [0, 0.1) is 5.41 Å². The standard InChI is InChI=1S/C41H53Cl2N3O9/c1-40(2,20-37(51)52)19-36(50)46(23-33(48)38(53)39(54)34(49)24-47)16-6-5-7-25-17-32(43)26(18-31(25)42)21-45-41(13-14-41)30-22-44-15-12-28(30)29-8-3-4-9-35(29)55-27-10-11-27/h3-4,8-9,12,15,17-18,22,27,33-34,38-39,45,47-49,53-54H,5-7,10-11,13-14,16,19-21,23-24H2,1-2H3,(H,51,52)/t33-,34+,38+,39+/m0/s1. The van der Waals surface area contributed by atoms with E-state index in [1.54, 1.807) is 13.8 Å². The molecule has 0 radical (unpaired) electrons. The molecule has 2 fully saturated rings. The summed E-state index contributed by atoms with van der Waals surface area (Å²) in [6.07, 6.45) is 2.23. The van der Waals surface area contributed by atoms with E-state index in [4.69, 9.17) is 33.0 Å². The van der Waals surface area contributed by atoms with Gasteiger partial charge in [-0.1, -0.05) is 55.2 Å². The zero-order valence-corrected chi connectivity index (χ0v) is 32.8. The summed E-state index contributed by atoms with van der Waals surface area (Å²) >= 11 is 13.6. The molecule has 5 rings (SSSR count). The minimum Gasteiger partial charge on any atom is -0.490 e. The number of carboxylic acids is 1. The Kier molecular flexibility index (Phi) is 14.6. The van der Waals surface area contributed by atoms with Crippen molar-refractivity contribution in [3.05, 3.63) is 81.6 Å². The summed E-state index contributed by atoms with van der Waals surface area (Å²) in [5, 5.41) is 64.1. The van der Waals surface area contributed by atoms with E-state index in [0.717, 1.165) is 59.3 Å². The molecule has 12 nitrogen and oxygen atoms in total. The fourth-order valence-corrected chi connectivity index (χ4v) is 7.41. The summed E-state index contributed by atoms with van der Waals surface area (Å²) in [4.78, 5) is 30.5. The quantitative estimate of drug-likeness (QED) is 0.0687. The van der Waals surface area contributed by atoms with E-state index < -0.39 is 48.3 Å². The molecule has 55 heavy (non-hydrogen) atoms. The van der Waals surface area contributed by atoms with Crippen LogP contribution in [0.1, 0.15) is 81.9 Å². The van der Waals surface area contributed by atoms with Gasteiger partial charge in [0.15, 0.2) is 0 Å². The van der Waals surface area contributed by atoms with Crippen LogP contribution >= 0.6 is 23.2 Å². The molecule has 0 unspecified atom stereocenters. The number of aromatic nitrogens is 1. The van der Waals surface area contributed by atoms with Gasteiger partial charge >= 0.3 is 5.97 Å². The Balaban J connectivity index is 1.21. The van der Waals surface area contributed by atoms with E-state index in [9.17, 15) is 35.1 Å². The maximum Gasteiger partial charge on any atom is 0.303 e. The number of ether oxygens (including phenoxy) is 1. The minimum absolute atomic E-state index is 0.133. The molecule has 0 saturated heterocycles. The fourth-order valence-electron chi connectivity index (χ4n) is 6.88. The number of hydrogen-bond acceptors (Lipinski definition) is 10. The maximum absolute atomic E-state index is 13.4. The first kappa shape index (κ1) is 42.8. The largest absolute Gasteiger partial charge is 0.490 e. The maximum atomic E-state index is 13.4. The third kappa shape index (κ3) is 11.6. The molecule has 2 aromatic carbocycles. The number of nitrogens with one attached hydrogen (secondary N) is 1. The Morgan fingerprint density at radius 3 is 2.31 bits per heavy atom. The number of carbonyl (C=O) groups is 2. The van der Waals surface area contributed by atoms with Gasteiger partial charge in [-0.2, -0.15) is 0 Å². The highest BCUT2D eigenvalue weighted by Gasteiger charge is 2.46. The third-order valence-corrected chi connectivity index (χ3v) is 11.1. The van der Waals surface area contributed by atoms with Crippen molar-refractivity contribution >= 4 is 35.1 Å². The number of aryl methyl sites for hydroxylation is 1. The van der Waals surface area contributed by atoms with Crippen molar-refractivity contribution in [2.45, 2.75) is 114 Å². The first-order valence-corrected chi connectivity index (χ1v) is 19.6. The van der Waals surface area contributed by atoms with Gasteiger partial charge in [0.25, 0.3) is 0 Å². The molecule has 4 atom stereocenters. The predicted octanol–water partition coefficient (Wildman–Crippen LogP) is 4.85. The van der Waals surface area contributed by atoms with Crippen LogP contribution in [-0.2, 0) is 28.1 Å². The van der Waals surface area contributed by atoms with Crippen molar-refractivity contribution < 1.29 is 45.0 Å². The molecule has 7 N–H and O–H groups in total. The van der Waals surface area contributed by atoms with E-state index in [2.05, 4.69) is 16.4 Å². The lowest BCUT2D eigenvalue weighted by Crippen LogP contribution is -2.51. The Bertz CT molecular complexity index is 1790. The van der Waals surface area contributed by atoms with Crippen molar-refractivity contribution in [2.24, 2.45) is 5.41 Å². The molecule has 14 heteroatoms. The third-order valence-electron chi connectivity index (χ3n) is 10.4. The van der Waals surface area contributed by atoms with Crippen LogP contribution in [0.3, 0.4) is 0 Å². The summed E-state index contributed by atoms with van der Waals surface area (Å²) in [6.45, 7) is 2.74.